The molecular formula is C32H31F2IN6O4. The van der Waals surface area contributed by atoms with Gasteiger partial charge in [-0.05, 0) is 105 Å². The first-order valence-corrected chi connectivity index (χ1v) is 15.7. The van der Waals surface area contributed by atoms with Crippen LogP contribution in [0.1, 0.15) is 58.2 Å². The first-order valence-electron chi connectivity index (χ1n) is 14.6. The molecule has 6 rings (SSSR count). The lowest BCUT2D eigenvalue weighted by Crippen LogP contribution is -2.47. The van der Waals surface area contributed by atoms with E-state index in [1.54, 1.807) is 60.5 Å². The average molecular weight is 729 g/mol. The maximum atomic E-state index is 14.3. The largest absolute Gasteiger partial charge is 0.444 e. The fraction of sp³-hybridized carbons (Fsp3) is 0.344. The highest BCUT2D eigenvalue weighted by Gasteiger charge is 2.34. The van der Waals surface area contributed by atoms with Crippen molar-refractivity contribution in [3.05, 3.63) is 103 Å². The molecule has 0 atom stereocenters. The number of nitrogens with zero attached hydrogens (tertiary/aromatic N) is 6. The van der Waals surface area contributed by atoms with Gasteiger partial charge in [-0.15, -0.1) is 0 Å². The first kappa shape index (κ1) is 30.9. The number of carbonyl (C=O) groups is 1. The first-order chi connectivity index (χ1) is 21.4. The third-order valence-corrected chi connectivity index (χ3v) is 8.53. The maximum absolute atomic E-state index is 14.3. The van der Waals surface area contributed by atoms with Gasteiger partial charge in [0.15, 0.2) is 5.65 Å². The van der Waals surface area contributed by atoms with Crippen molar-refractivity contribution >= 4 is 45.4 Å². The number of imidazole rings is 1. The molecule has 1 saturated carbocycles. The minimum absolute atomic E-state index is 0.00857. The fourth-order valence-electron chi connectivity index (χ4n) is 5.91. The average Bonchev–Trinajstić information content (AvgIpc) is 3.37. The highest BCUT2D eigenvalue weighted by Crippen LogP contribution is 2.32. The van der Waals surface area contributed by atoms with Crippen molar-refractivity contribution in [2.45, 2.75) is 70.7 Å². The lowest BCUT2D eigenvalue weighted by molar-refractivity contribution is 0.00781. The Hall–Kier alpha value is -4.14. The molecule has 10 nitrogen and oxygen atoms in total. The molecule has 1 aliphatic rings. The van der Waals surface area contributed by atoms with E-state index in [1.807, 2.05) is 6.07 Å². The Kier molecular flexibility index (Phi) is 8.22. The van der Waals surface area contributed by atoms with Crippen LogP contribution in [-0.4, -0.2) is 46.1 Å². The Bertz CT molecular complexity index is 2040. The van der Waals surface area contributed by atoms with Crippen molar-refractivity contribution in [3.63, 3.8) is 0 Å². The number of pyridine rings is 2. The van der Waals surface area contributed by atoms with Gasteiger partial charge in [0.1, 0.15) is 22.9 Å². The van der Waals surface area contributed by atoms with Crippen LogP contribution >= 0.6 is 22.6 Å². The minimum Gasteiger partial charge on any atom is -0.444 e. The second kappa shape index (κ2) is 12.0. The molecule has 0 bridgehead atoms. The molecule has 234 valence electrons. The van der Waals surface area contributed by atoms with Gasteiger partial charge in [0.25, 0.3) is 5.56 Å². The lowest BCUT2D eigenvalue weighted by atomic mass is 9.90. The molecule has 0 unspecified atom stereocenters. The SMILES string of the molecule is CC(C)(C)OC(=O)N(Cc1cn2cc(F)ccc2n1)C1CCC(n2c(=O)c3cc(F)cnc3n(-c3cccc(I)c3)c2=O)CC1. The van der Waals surface area contributed by atoms with E-state index < -0.39 is 40.6 Å². The molecule has 4 aromatic heterocycles. The summed E-state index contributed by atoms with van der Waals surface area (Å²) in [6.07, 6.45) is 5.25. The molecule has 0 aliphatic heterocycles. The number of benzene rings is 1. The molecular weight excluding hydrogens is 697 g/mol. The quantitative estimate of drug-likeness (QED) is 0.206. The molecule has 5 aromatic rings. The lowest BCUT2D eigenvalue weighted by Gasteiger charge is -2.37. The summed E-state index contributed by atoms with van der Waals surface area (Å²) in [5.74, 6) is -1.08. The van der Waals surface area contributed by atoms with Gasteiger partial charge in [0.05, 0.1) is 29.5 Å². The number of hydrogen-bond acceptors (Lipinski definition) is 6. The zero-order chi connectivity index (χ0) is 32.0. The summed E-state index contributed by atoms with van der Waals surface area (Å²) in [6, 6.07) is 10.5. The summed E-state index contributed by atoms with van der Waals surface area (Å²) in [7, 11) is 0. The maximum Gasteiger partial charge on any atom is 0.410 e. The number of fused-ring (bicyclic) bond motifs is 2. The Morgan fingerprint density at radius 3 is 2.51 bits per heavy atom. The van der Waals surface area contributed by atoms with Gasteiger partial charge >= 0.3 is 11.8 Å². The van der Waals surface area contributed by atoms with E-state index in [1.165, 1.54) is 21.4 Å². The molecule has 0 saturated heterocycles. The third kappa shape index (κ3) is 6.35. The summed E-state index contributed by atoms with van der Waals surface area (Å²) in [5, 5.41) is 0.00857. The van der Waals surface area contributed by atoms with Crippen LogP contribution in [0, 0.1) is 15.2 Å². The zero-order valence-electron chi connectivity index (χ0n) is 24.9. The van der Waals surface area contributed by atoms with E-state index >= 15 is 0 Å². The van der Waals surface area contributed by atoms with Crippen molar-refractivity contribution in [1.29, 1.82) is 0 Å². The van der Waals surface area contributed by atoms with Crippen molar-refractivity contribution in [1.82, 2.24) is 28.4 Å². The molecule has 1 fully saturated rings. The highest BCUT2D eigenvalue weighted by molar-refractivity contribution is 14.1. The molecule has 1 aromatic carbocycles. The predicted octanol–water partition coefficient (Wildman–Crippen LogP) is 6.00. The molecule has 0 spiro atoms. The summed E-state index contributed by atoms with van der Waals surface area (Å²) >= 11 is 2.14. The number of amides is 1. The van der Waals surface area contributed by atoms with E-state index in [2.05, 4.69) is 32.6 Å². The van der Waals surface area contributed by atoms with Crippen molar-refractivity contribution < 1.29 is 18.3 Å². The standard InChI is InChI=1S/C32H31F2IN6O4/c1-32(2,3)45-31(44)39(18-22-17-38-16-19(33)7-12-27(38)37-22)23-8-10-24(11-9-23)41-29(42)26-13-20(34)15-36-28(26)40(30(41)43)25-6-4-5-21(35)14-25/h4-7,12-17,23-24H,8-11,18H2,1-3H3. The number of hydrogen-bond donors (Lipinski definition) is 0. The van der Waals surface area contributed by atoms with E-state index in [0.717, 1.165) is 15.8 Å². The Morgan fingerprint density at radius 2 is 1.80 bits per heavy atom. The van der Waals surface area contributed by atoms with Crippen LogP contribution in [0.25, 0.3) is 22.4 Å². The van der Waals surface area contributed by atoms with Gasteiger partial charge in [-0.2, -0.15) is 0 Å². The number of ether oxygens (including phenoxy) is 1. The van der Waals surface area contributed by atoms with Crippen LogP contribution < -0.4 is 11.2 Å². The second-order valence-electron chi connectivity index (χ2n) is 12.2. The molecule has 0 radical (unpaired) electrons. The van der Waals surface area contributed by atoms with Gasteiger partial charge in [0, 0.05) is 28.0 Å². The van der Waals surface area contributed by atoms with Crippen LogP contribution in [0.2, 0.25) is 0 Å². The summed E-state index contributed by atoms with van der Waals surface area (Å²) < 4.78 is 38.8. The van der Waals surface area contributed by atoms with Crippen LogP contribution in [0.4, 0.5) is 13.6 Å². The molecule has 45 heavy (non-hydrogen) atoms. The van der Waals surface area contributed by atoms with E-state index in [0.29, 0.717) is 42.7 Å². The van der Waals surface area contributed by atoms with Gasteiger partial charge in [0.2, 0.25) is 0 Å². The van der Waals surface area contributed by atoms with Crippen LogP contribution in [0.15, 0.2) is 70.6 Å². The summed E-state index contributed by atoms with van der Waals surface area (Å²) in [6.45, 7) is 5.50. The Morgan fingerprint density at radius 1 is 1.04 bits per heavy atom. The van der Waals surface area contributed by atoms with Crippen molar-refractivity contribution in [2.75, 3.05) is 0 Å². The van der Waals surface area contributed by atoms with E-state index in [-0.39, 0.29) is 23.6 Å². The number of rotatable bonds is 5. The van der Waals surface area contributed by atoms with Gasteiger partial charge < -0.3 is 9.14 Å². The molecule has 1 aliphatic carbocycles. The monoisotopic (exact) mass is 728 g/mol. The van der Waals surface area contributed by atoms with Crippen molar-refractivity contribution in [2.24, 2.45) is 0 Å². The summed E-state index contributed by atoms with van der Waals surface area (Å²) in [5.41, 5.74) is -0.189. The van der Waals surface area contributed by atoms with Gasteiger partial charge in [-0.25, -0.2) is 32.9 Å². The highest BCUT2D eigenvalue weighted by atomic mass is 127. The molecule has 4 heterocycles. The van der Waals surface area contributed by atoms with Crippen LogP contribution in [-0.2, 0) is 11.3 Å². The Labute approximate surface area is 270 Å². The van der Waals surface area contributed by atoms with Gasteiger partial charge in [-0.1, -0.05) is 6.07 Å². The van der Waals surface area contributed by atoms with Crippen LogP contribution in [0.5, 0.6) is 0 Å². The van der Waals surface area contributed by atoms with Crippen molar-refractivity contribution in [3.8, 4) is 5.69 Å². The fourth-order valence-corrected chi connectivity index (χ4v) is 6.44. The smallest absolute Gasteiger partial charge is 0.410 e. The topological polar surface area (TPSA) is 104 Å². The Balaban J connectivity index is 1.33. The third-order valence-electron chi connectivity index (χ3n) is 7.86. The molecule has 1 amide bonds. The van der Waals surface area contributed by atoms with Gasteiger partial charge in [-0.3, -0.25) is 14.3 Å². The molecule has 0 N–H and O–H groups in total. The second-order valence-corrected chi connectivity index (χ2v) is 13.5. The number of halogens is 3. The molecule has 13 heteroatoms. The summed E-state index contributed by atoms with van der Waals surface area (Å²) in [4.78, 5) is 51.5. The normalized spacial score (nSPS) is 17.1. The van der Waals surface area contributed by atoms with E-state index in [9.17, 15) is 23.2 Å². The van der Waals surface area contributed by atoms with E-state index in [4.69, 9.17) is 4.74 Å². The number of aromatic nitrogens is 5. The predicted molar refractivity (Wildman–Crippen MR) is 172 cm³/mol. The minimum atomic E-state index is -0.739. The number of carbonyl (C=O) groups excluding carboxylic acids is 1. The zero-order valence-corrected chi connectivity index (χ0v) is 27.1. The van der Waals surface area contributed by atoms with Crippen LogP contribution in [0.3, 0.4) is 0 Å².